The Kier molecular flexibility index (Phi) is 9.98. The molecule has 1 aliphatic carbocycles. The number of hydrogen-bond acceptors (Lipinski definition) is 4. The molecule has 1 saturated carbocycles. The van der Waals surface area contributed by atoms with Gasteiger partial charge in [0.25, 0.3) is 0 Å². The summed E-state index contributed by atoms with van der Waals surface area (Å²) < 4.78 is 0. The second kappa shape index (κ2) is 12.0. The SMILES string of the molecule is C=C/C=C\C(=C/C)CC(NC)C(O)CN1CC2CCCCC2CC1C(=O)NC(C)(C)C. The predicted octanol–water partition coefficient (Wildman–Crippen LogP) is 3.81. The van der Waals surface area contributed by atoms with Gasteiger partial charge >= 0.3 is 0 Å². The molecule has 0 aromatic heterocycles. The second-order valence-electron chi connectivity index (χ2n) is 10.4. The molecule has 1 saturated heterocycles. The minimum absolute atomic E-state index is 0.0731. The van der Waals surface area contributed by atoms with Crippen LogP contribution in [0.15, 0.2) is 36.5 Å². The smallest absolute Gasteiger partial charge is 0.237 e. The average molecular weight is 432 g/mol. The molecule has 5 atom stereocenters. The number of piperidine rings is 1. The van der Waals surface area contributed by atoms with Crippen LogP contribution < -0.4 is 10.6 Å². The molecule has 176 valence electrons. The van der Waals surface area contributed by atoms with Crippen LogP contribution in [0.25, 0.3) is 0 Å². The Hall–Kier alpha value is -1.43. The Morgan fingerprint density at radius 1 is 1.26 bits per heavy atom. The van der Waals surface area contributed by atoms with Gasteiger partial charge in [-0.15, -0.1) is 0 Å². The van der Waals surface area contributed by atoms with E-state index in [1.165, 1.54) is 25.7 Å². The summed E-state index contributed by atoms with van der Waals surface area (Å²) in [5.41, 5.74) is 0.905. The first kappa shape index (κ1) is 25.8. The lowest BCUT2D eigenvalue weighted by Crippen LogP contribution is -2.59. The highest BCUT2D eigenvalue weighted by Gasteiger charge is 2.41. The molecule has 31 heavy (non-hydrogen) atoms. The number of aliphatic hydroxyl groups is 1. The zero-order valence-corrected chi connectivity index (χ0v) is 20.4. The number of carbonyl (C=O) groups is 1. The third-order valence-electron chi connectivity index (χ3n) is 6.83. The molecular weight excluding hydrogens is 386 g/mol. The summed E-state index contributed by atoms with van der Waals surface area (Å²) in [6.07, 6.45) is 13.9. The fraction of sp³-hybridized carbons (Fsp3) is 0.731. The number of nitrogens with zero attached hydrogens (tertiary/aromatic N) is 1. The van der Waals surface area contributed by atoms with Crippen LogP contribution in [0.1, 0.15) is 66.2 Å². The van der Waals surface area contributed by atoms with E-state index in [2.05, 4.69) is 28.2 Å². The van der Waals surface area contributed by atoms with Gasteiger partial charge in [-0.05, 0) is 65.8 Å². The third kappa shape index (κ3) is 7.89. The largest absolute Gasteiger partial charge is 0.390 e. The molecule has 1 aliphatic heterocycles. The van der Waals surface area contributed by atoms with Gasteiger partial charge < -0.3 is 15.7 Å². The number of likely N-dealkylation sites (N-methyl/N-ethyl adjacent to an activating group) is 1. The number of fused-ring (bicyclic) bond motifs is 1. The number of aliphatic hydroxyl groups excluding tert-OH is 1. The Balaban J connectivity index is 2.13. The van der Waals surface area contributed by atoms with E-state index in [4.69, 9.17) is 0 Å². The Morgan fingerprint density at radius 2 is 1.94 bits per heavy atom. The summed E-state index contributed by atoms with van der Waals surface area (Å²) in [5.74, 6) is 1.39. The first-order valence-electron chi connectivity index (χ1n) is 12.0. The van der Waals surface area contributed by atoms with E-state index in [1.807, 2.05) is 46.9 Å². The predicted molar refractivity (Wildman–Crippen MR) is 130 cm³/mol. The minimum Gasteiger partial charge on any atom is -0.390 e. The van der Waals surface area contributed by atoms with Gasteiger partial charge in [-0.1, -0.05) is 55.7 Å². The molecule has 1 heterocycles. The molecule has 0 aromatic carbocycles. The van der Waals surface area contributed by atoms with Crippen molar-refractivity contribution < 1.29 is 9.90 Å². The Bertz CT molecular complexity index is 650. The van der Waals surface area contributed by atoms with Crippen LogP contribution in [0.3, 0.4) is 0 Å². The molecule has 2 fully saturated rings. The van der Waals surface area contributed by atoms with Gasteiger partial charge in [0, 0.05) is 24.7 Å². The lowest BCUT2D eigenvalue weighted by molar-refractivity contribution is -0.132. The van der Waals surface area contributed by atoms with Crippen molar-refractivity contribution in [2.75, 3.05) is 20.1 Å². The van der Waals surface area contributed by atoms with Crippen molar-refractivity contribution in [3.05, 3.63) is 36.5 Å². The highest BCUT2D eigenvalue weighted by Crippen LogP contribution is 2.39. The molecule has 2 aliphatic rings. The normalized spacial score (nSPS) is 27.5. The van der Waals surface area contributed by atoms with Crippen molar-refractivity contribution >= 4 is 5.91 Å². The maximum atomic E-state index is 13.2. The maximum absolute atomic E-state index is 13.2. The molecule has 5 unspecified atom stereocenters. The zero-order chi connectivity index (χ0) is 23.0. The summed E-state index contributed by atoms with van der Waals surface area (Å²) in [7, 11) is 1.90. The van der Waals surface area contributed by atoms with Crippen molar-refractivity contribution in [3.8, 4) is 0 Å². The van der Waals surface area contributed by atoms with Crippen LogP contribution in [0.4, 0.5) is 0 Å². The quantitative estimate of drug-likeness (QED) is 0.486. The van der Waals surface area contributed by atoms with Gasteiger partial charge in [0.1, 0.15) is 0 Å². The number of hydrogen-bond donors (Lipinski definition) is 3. The lowest BCUT2D eigenvalue weighted by atomic mass is 9.72. The first-order valence-corrected chi connectivity index (χ1v) is 12.0. The number of nitrogens with one attached hydrogen (secondary N) is 2. The number of carbonyl (C=O) groups excluding carboxylic acids is 1. The lowest BCUT2D eigenvalue weighted by Gasteiger charge is -2.47. The molecule has 0 bridgehead atoms. The molecule has 3 N–H and O–H groups in total. The summed E-state index contributed by atoms with van der Waals surface area (Å²) >= 11 is 0. The fourth-order valence-corrected chi connectivity index (χ4v) is 5.15. The molecule has 0 aromatic rings. The van der Waals surface area contributed by atoms with Crippen molar-refractivity contribution in [3.63, 3.8) is 0 Å². The van der Waals surface area contributed by atoms with Crippen LogP contribution in [0.5, 0.6) is 0 Å². The molecule has 2 rings (SSSR count). The van der Waals surface area contributed by atoms with Gasteiger partial charge in [0.2, 0.25) is 5.91 Å². The van der Waals surface area contributed by atoms with Crippen molar-refractivity contribution in [2.24, 2.45) is 11.8 Å². The van der Waals surface area contributed by atoms with E-state index in [-0.39, 0.29) is 23.5 Å². The van der Waals surface area contributed by atoms with E-state index in [9.17, 15) is 9.90 Å². The van der Waals surface area contributed by atoms with E-state index in [1.54, 1.807) is 6.08 Å². The van der Waals surface area contributed by atoms with Crippen LogP contribution in [-0.4, -0.2) is 59.8 Å². The van der Waals surface area contributed by atoms with Gasteiger partial charge in [-0.2, -0.15) is 0 Å². The summed E-state index contributed by atoms with van der Waals surface area (Å²) in [6, 6.07) is -0.233. The van der Waals surface area contributed by atoms with E-state index in [0.717, 1.165) is 25.0 Å². The van der Waals surface area contributed by atoms with Gasteiger partial charge in [0.05, 0.1) is 12.1 Å². The first-order chi connectivity index (χ1) is 14.7. The second-order valence-corrected chi connectivity index (χ2v) is 10.4. The molecule has 5 heteroatoms. The fourth-order valence-electron chi connectivity index (χ4n) is 5.15. The van der Waals surface area contributed by atoms with Crippen molar-refractivity contribution in [2.45, 2.75) is 89.9 Å². The summed E-state index contributed by atoms with van der Waals surface area (Å²) in [4.78, 5) is 15.4. The zero-order valence-electron chi connectivity index (χ0n) is 20.4. The Labute approximate surface area is 190 Å². The van der Waals surface area contributed by atoms with E-state index >= 15 is 0 Å². The van der Waals surface area contributed by atoms with Gasteiger partial charge in [-0.3, -0.25) is 9.69 Å². The van der Waals surface area contributed by atoms with Crippen LogP contribution in [0.2, 0.25) is 0 Å². The summed E-state index contributed by atoms with van der Waals surface area (Å²) in [5, 5.41) is 17.6. The molecular formula is C26H45N3O2. The molecule has 0 radical (unpaired) electrons. The summed E-state index contributed by atoms with van der Waals surface area (Å²) in [6.45, 7) is 13.3. The van der Waals surface area contributed by atoms with E-state index in [0.29, 0.717) is 18.4 Å². The third-order valence-corrected chi connectivity index (χ3v) is 6.83. The highest BCUT2D eigenvalue weighted by atomic mass is 16.3. The number of amides is 1. The van der Waals surface area contributed by atoms with Crippen LogP contribution in [0, 0.1) is 11.8 Å². The van der Waals surface area contributed by atoms with Gasteiger partial charge in [-0.25, -0.2) is 0 Å². The highest BCUT2D eigenvalue weighted by molar-refractivity contribution is 5.82. The standard InChI is InChI=1S/C26H45N3O2/c1-7-9-12-19(8-2)15-22(27-6)24(30)18-29-17-21-14-11-10-13-20(21)16-23(29)25(31)28-26(3,4)5/h7-9,12,20-24,27,30H,1,10-11,13-18H2,2-6H3,(H,28,31)/b12-9-,19-8+. The number of likely N-dealkylation sites (tertiary alicyclic amines) is 1. The van der Waals surface area contributed by atoms with Crippen molar-refractivity contribution in [1.82, 2.24) is 15.5 Å². The monoisotopic (exact) mass is 431 g/mol. The number of β-amino-alcohol motifs (C(OH)–C–C–N with tert-alkyl or cyclic N) is 1. The van der Waals surface area contributed by atoms with Gasteiger partial charge in [0.15, 0.2) is 0 Å². The minimum atomic E-state index is -0.554. The molecule has 5 nitrogen and oxygen atoms in total. The maximum Gasteiger partial charge on any atom is 0.237 e. The topological polar surface area (TPSA) is 64.6 Å². The Morgan fingerprint density at radius 3 is 2.52 bits per heavy atom. The van der Waals surface area contributed by atoms with E-state index < -0.39 is 6.10 Å². The number of allylic oxidation sites excluding steroid dienone is 4. The molecule has 1 amide bonds. The van der Waals surface area contributed by atoms with Crippen LogP contribution >= 0.6 is 0 Å². The molecule has 0 spiro atoms. The van der Waals surface area contributed by atoms with Crippen molar-refractivity contribution in [1.29, 1.82) is 0 Å². The van der Waals surface area contributed by atoms with Crippen LogP contribution in [-0.2, 0) is 4.79 Å². The number of rotatable bonds is 9. The average Bonchev–Trinajstić information content (AvgIpc) is 2.72.